The van der Waals surface area contributed by atoms with Crippen LogP contribution >= 0.6 is 24.0 Å². The van der Waals surface area contributed by atoms with Crippen molar-refractivity contribution in [3.8, 4) is 0 Å². The predicted molar refractivity (Wildman–Crippen MR) is 105 cm³/mol. The third-order valence-electron chi connectivity index (χ3n) is 3.20. The number of guanidine groups is 1. The molecule has 0 bridgehead atoms. The summed E-state index contributed by atoms with van der Waals surface area (Å²) < 4.78 is 37.6. The molecule has 0 saturated carbocycles. The maximum atomic E-state index is 12.5. The van der Waals surface area contributed by atoms with Gasteiger partial charge in [-0.15, -0.1) is 17.5 Å². The topological polar surface area (TPSA) is 75.1 Å². The molecule has 144 valence electrons. The van der Waals surface area contributed by atoms with Crippen LogP contribution in [0, 0.1) is 0 Å². The molecule has 2 aromatic carbocycles. The fourth-order valence-electron chi connectivity index (χ4n) is 1.83. The zero-order chi connectivity index (χ0) is 19.2. The fraction of sp³-hybridized carbons (Fsp3) is 0.118. The van der Waals surface area contributed by atoms with Gasteiger partial charge in [0.1, 0.15) is 0 Å². The van der Waals surface area contributed by atoms with E-state index in [0.29, 0.717) is 16.3 Å². The number of rotatable bonds is 4. The normalized spacial score (nSPS) is 12.8. The monoisotopic (exact) mass is 417 g/mol. The number of hydrogen-bond donors (Lipinski definition) is 2. The molecular weight excluding hydrogens is 402 g/mol. The van der Waals surface area contributed by atoms with Crippen LogP contribution in [0.3, 0.4) is 0 Å². The SMILES string of the molecule is CC(=N/N=C(/N)NN=Cc1ccc(Cl)cc1)c1ccc(C(F)(F)F)cc1.Cl. The Balaban J connectivity index is 0.00000364. The number of hydrogen-bond acceptors (Lipinski definition) is 3. The number of nitrogens with zero attached hydrogens (tertiary/aromatic N) is 3. The average Bonchev–Trinajstić information content (AvgIpc) is 2.61. The molecule has 0 saturated heterocycles. The van der Waals surface area contributed by atoms with Gasteiger partial charge in [0.15, 0.2) is 0 Å². The van der Waals surface area contributed by atoms with E-state index in [1.54, 1.807) is 31.2 Å². The molecule has 0 aromatic heterocycles. The van der Waals surface area contributed by atoms with Gasteiger partial charge in [-0.25, -0.2) is 5.43 Å². The van der Waals surface area contributed by atoms with Gasteiger partial charge >= 0.3 is 6.18 Å². The van der Waals surface area contributed by atoms with Crippen LogP contribution in [0.2, 0.25) is 5.02 Å². The Morgan fingerprint density at radius 1 is 1.04 bits per heavy atom. The van der Waals surface area contributed by atoms with Gasteiger partial charge in [-0.05, 0) is 42.3 Å². The summed E-state index contributed by atoms with van der Waals surface area (Å²) in [6.45, 7) is 1.61. The van der Waals surface area contributed by atoms with Crippen LogP contribution in [0.15, 0.2) is 63.8 Å². The average molecular weight is 418 g/mol. The van der Waals surface area contributed by atoms with E-state index in [1.165, 1.54) is 18.3 Å². The molecule has 0 fully saturated rings. The summed E-state index contributed by atoms with van der Waals surface area (Å²) in [5.74, 6) is -0.0681. The molecule has 0 spiro atoms. The summed E-state index contributed by atoms with van der Waals surface area (Å²) in [6.07, 6.45) is -2.86. The second kappa shape index (κ2) is 9.94. The first-order chi connectivity index (χ1) is 12.3. The van der Waals surface area contributed by atoms with E-state index < -0.39 is 11.7 Å². The highest BCUT2D eigenvalue weighted by Gasteiger charge is 2.29. The van der Waals surface area contributed by atoms with Gasteiger partial charge in [-0.3, -0.25) is 0 Å². The zero-order valence-corrected chi connectivity index (χ0v) is 15.6. The van der Waals surface area contributed by atoms with Crippen molar-refractivity contribution < 1.29 is 13.2 Å². The van der Waals surface area contributed by atoms with Crippen LogP contribution in [0.1, 0.15) is 23.6 Å². The van der Waals surface area contributed by atoms with Crippen LogP contribution < -0.4 is 11.2 Å². The first kappa shape index (κ1) is 22.5. The summed E-state index contributed by atoms with van der Waals surface area (Å²) >= 11 is 5.78. The van der Waals surface area contributed by atoms with Crippen molar-refractivity contribution in [1.29, 1.82) is 0 Å². The van der Waals surface area contributed by atoms with Gasteiger partial charge < -0.3 is 5.73 Å². The van der Waals surface area contributed by atoms with Gasteiger partial charge in [0.05, 0.1) is 17.5 Å². The first-order valence-electron chi connectivity index (χ1n) is 7.36. The summed E-state index contributed by atoms with van der Waals surface area (Å²) in [5.41, 5.74) is 9.09. The van der Waals surface area contributed by atoms with E-state index >= 15 is 0 Å². The minimum absolute atomic E-state index is 0. The van der Waals surface area contributed by atoms with Crippen LogP contribution in [-0.2, 0) is 6.18 Å². The van der Waals surface area contributed by atoms with Crippen molar-refractivity contribution in [2.75, 3.05) is 0 Å². The Labute approximate surface area is 165 Å². The number of hydrazone groups is 1. The molecule has 2 aromatic rings. The van der Waals surface area contributed by atoms with E-state index in [-0.39, 0.29) is 18.4 Å². The van der Waals surface area contributed by atoms with E-state index in [4.69, 9.17) is 17.3 Å². The Morgan fingerprint density at radius 3 is 2.19 bits per heavy atom. The highest BCUT2D eigenvalue weighted by molar-refractivity contribution is 6.30. The molecule has 10 heteroatoms. The molecule has 0 radical (unpaired) electrons. The smallest absolute Gasteiger partial charge is 0.367 e. The number of nitrogens with two attached hydrogens (primary N) is 1. The molecule has 0 unspecified atom stereocenters. The number of nitrogens with one attached hydrogen (secondary N) is 1. The van der Waals surface area contributed by atoms with Gasteiger partial charge in [0.2, 0.25) is 5.96 Å². The van der Waals surface area contributed by atoms with Gasteiger partial charge in [-0.1, -0.05) is 35.9 Å². The second-order valence-corrected chi connectivity index (χ2v) is 5.60. The zero-order valence-electron chi connectivity index (χ0n) is 14.0. The molecule has 0 aliphatic heterocycles. The molecule has 0 amide bonds. The second-order valence-electron chi connectivity index (χ2n) is 5.17. The molecule has 2 rings (SSSR count). The van der Waals surface area contributed by atoms with Crippen molar-refractivity contribution in [3.05, 3.63) is 70.2 Å². The molecule has 0 atom stereocenters. The van der Waals surface area contributed by atoms with E-state index in [1.807, 2.05) is 0 Å². The van der Waals surface area contributed by atoms with Crippen LogP contribution in [0.4, 0.5) is 13.2 Å². The lowest BCUT2D eigenvalue weighted by molar-refractivity contribution is -0.137. The van der Waals surface area contributed by atoms with E-state index in [2.05, 4.69) is 20.7 Å². The fourth-order valence-corrected chi connectivity index (χ4v) is 1.96. The maximum absolute atomic E-state index is 12.5. The molecule has 5 nitrogen and oxygen atoms in total. The van der Waals surface area contributed by atoms with Crippen molar-refractivity contribution in [1.82, 2.24) is 5.43 Å². The molecule has 0 heterocycles. The predicted octanol–water partition coefficient (Wildman–Crippen LogP) is 4.44. The largest absolute Gasteiger partial charge is 0.416 e. The van der Waals surface area contributed by atoms with Crippen LogP contribution in [0.5, 0.6) is 0 Å². The number of benzene rings is 2. The molecular formula is C17H16Cl2F3N5. The van der Waals surface area contributed by atoms with Gasteiger partial charge in [0, 0.05) is 5.02 Å². The highest BCUT2D eigenvalue weighted by Crippen LogP contribution is 2.29. The quantitative estimate of drug-likeness (QED) is 0.438. The lowest BCUT2D eigenvalue weighted by Crippen LogP contribution is -2.26. The third-order valence-corrected chi connectivity index (χ3v) is 3.45. The minimum Gasteiger partial charge on any atom is -0.367 e. The van der Waals surface area contributed by atoms with E-state index in [0.717, 1.165) is 17.7 Å². The standard InChI is InChI=1S/C17H15ClF3N5.ClH/c1-11(13-4-6-14(7-5-13)17(19,20)21)24-26-16(22)25-23-10-12-2-8-15(18)9-3-12;/h2-10H,1H3,(H3,22,25,26);1H. The molecule has 3 N–H and O–H groups in total. The third kappa shape index (κ3) is 7.28. The van der Waals surface area contributed by atoms with Crippen LogP contribution in [-0.4, -0.2) is 17.9 Å². The van der Waals surface area contributed by atoms with Crippen molar-refractivity contribution in [2.45, 2.75) is 13.1 Å². The molecule has 27 heavy (non-hydrogen) atoms. The lowest BCUT2D eigenvalue weighted by atomic mass is 10.1. The van der Waals surface area contributed by atoms with Gasteiger partial charge in [0.25, 0.3) is 0 Å². The summed E-state index contributed by atoms with van der Waals surface area (Å²) in [5, 5.41) is 12.1. The number of halogens is 5. The summed E-state index contributed by atoms with van der Waals surface area (Å²) in [4.78, 5) is 0. The first-order valence-corrected chi connectivity index (χ1v) is 7.73. The maximum Gasteiger partial charge on any atom is 0.416 e. The van der Waals surface area contributed by atoms with Crippen LogP contribution in [0.25, 0.3) is 0 Å². The number of alkyl halides is 3. The van der Waals surface area contributed by atoms with Crippen molar-refractivity contribution in [3.63, 3.8) is 0 Å². The molecule has 0 aliphatic rings. The molecule has 0 aliphatic carbocycles. The summed E-state index contributed by atoms with van der Waals surface area (Å²) in [7, 11) is 0. The van der Waals surface area contributed by atoms with Gasteiger partial charge in [-0.2, -0.15) is 23.4 Å². The van der Waals surface area contributed by atoms with Crippen molar-refractivity contribution >= 4 is 41.9 Å². The minimum atomic E-state index is -4.38. The Kier molecular flexibility index (Phi) is 8.27. The lowest BCUT2D eigenvalue weighted by Gasteiger charge is -2.07. The Morgan fingerprint density at radius 2 is 1.63 bits per heavy atom. The Hall–Kier alpha value is -2.58. The van der Waals surface area contributed by atoms with Crippen molar-refractivity contribution in [2.24, 2.45) is 21.0 Å². The summed E-state index contributed by atoms with van der Waals surface area (Å²) in [6, 6.07) is 11.6. The Bertz CT molecular complexity index is 829. The van der Waals surface area contributed by atoms with E-state index in [9.17, 15) is 13.2 Å². The highest BCUT2D eigenvalue weighted by atomic mass is 35.5.